The van der Waals surface area contributed by atoms with Crippen LogP contribution in [0.15, 0.2) is 18.2 Å². The largest absolute Gasteiger partial charge is 0.493 e. The van der Waals surface area contributed by atoms with Crippen molar-refractivity contribution in [1.82, 2.24) is 0 Å². The van der Waals surface area contributed by atoms with Gasteiger partial charge in [0.05, 0.1) is 13.2 Å². The molecule has 2 nitrogen and oxygen atoms in total. The Bertz CT molecular complexity index is 334. The first-order valence-electron chi connectivity index (χ1n) is 5.31. The molecule has 1 N–H and O–H groups in total. The van der Waals surface area contributed by atoms with E-state index in [0.717, 1.165) is 30.3 Å². The number of ether oxygens (including phenoxy) is 1. The Morgan fingerprint density at radius 1 is 1.40 bits per heavy atom. The van der Waals surface area contributed by atoms with Crippen molar-refractivity contribution in [3.63, 3.8) is 0 Å². The number of hydrogen-bond donors (Lipinski definition) is 1. The van der Waals surface area contributed by atoms with Gasteiger partial charge in [0.1, 0.15) is 5.75 Å². The van der Waals surface area contributed by atoms with Crippen LogP contribution < -0.4 is 4.74 Å². The quantitative estimate of drug-likeness (QED) is 0.837. The number of benzene rings is 1. The first-order valence-corrected chi connectivity index (χ1v) is 5.69. The molecule has 82 valence electrons. The van der Waals surface area contributed by atoms with Crippen molar-refractivity contribution >= 4 is 11.6 Å². The summed E-state index contributed by atoms with van der Waals surface area (Å²) in [4.78, 5) is 0. The van der Waals surface area contributed by atoms with Crippen molar-refractivity contribution in [1.29, 1.82) is 0 Å². The van der Waals surface area contributed by atoms with Crippen LogP contribution in [0.3, 0.4) is 0 Å². The van der Waals surface area contributed by atoms with E-state index in [1.807, 2.05) is 6.07 Å². The zero-order chi connectivity index (χ0) is 10.7. The molecule has 1 aliphatic rings. The Morgan fingerprint density at radius 2 is 2.20 bits per heavy atom. The van der Waals surface area contributed by atoms with Crippen LogP contribution in [-0.2, 0) is 6.61 Å². The summed E-state index contributed by atoms with van der Waals surface area (Å²) in [6.07, 6.45) is 3.81. The Kier molecular flexibility index (Phi) is 3.49. The molecule has 0 unspecified atom stereocenters. The average Bonchev–Trinajstić information content (AvgIpc) is 3.04. The van der Waals surface area contributed by atoms with Gasteiger partial charge in [0, 0.05) is 10.6 Å². The monoisotopic (exact) mass is 226 g/mol. The van der Waals surface area contributed by atoms with Gasteiger partial charge in [-0.3, -0.25) is 0 Å². The lowest BCUT2D eigenvalue weighted by Gasteiger charge is -2.09. The normalized spacial score (nSPS) is 15.3. The molecule has 1 saturated carbocycles. The van der Waals surface area contributed by atoms with E-state index >= 15 is 0 Å². The average molecular weight is 227 g/mol. The maximum Gasteiger partial charge on any atom is 0.124 e. The summed E-state index contributed by atoms with van der Waals surface area (Å²) >= 11 is 5.82. The Labute approximate surface area is 94.8 Å². The summed E-state index contributed by atoms with van der Waals surface area (Å²) in [5.41, 5.74) is 0.762. The number of aliphatic hydroxyl groups is 1. The first kappa shape index (κ1) is 10.8. The van der Waals surface area contributed by atoms with Gasteiger partial charge in [-0.15, -0.1) is 0 Å². The van der Waals surface area contributed by atoms with E-state index in [2.05, 4.69) is 0 Å². The van der Waals surface area contributed by atoms with Gasteiger partial charge >= 0.3 is 0 Å². The smallest absolute Gasteiger partial charge is 0.124 e. The van der Waals surface area contributed by atoms with Crippen LogP contribution in [0.2, 0.25) is 5.02 Å². The molecule has 0 amide bonds. The maximum atomic E-state index is 9.13. The van der Waals surface area contributed by atoms with Gasteiger partial charge in [-0.2, -0.15) is 0 Å². The maximum absolute atomic E-state index is 9.13. The molecule has 1 aromatic rings. The minimum Gasteiger partial charge on any atom is -0.493 e. The summed E-state index contributed by atoms with van der Waals surface area (Å²) in [6, 6.07) is 5.35. The third kappa shape index (κ3) is 3.11. The lowest BCUT2D eigenvalue weighted by Crippen LogP contribution is -2.01. The summed E-state index contributed by atoms with van der Waals surface area (Å²) in [5, 5.41) is 9.76. The number of rotatable bonds is 5. The molecular weight excluding hydrogens is 212 g/mol. The molecule has 0 spiro atoms. The van der Waals surface area contributed by atoms with Gasteiger partial charge in [0.25, 0.3) is 0 Å². The van der Waals surface area contributed by atoms with Crippen LogP contribution in [0, 0.1) is 5.92 Å². The zero-order valence-corrected chi connectivity index (χ0v) is 9.33. The molecular formula is C12H15ClO2. The molecule has 0 bridgehead atoms. The standard InChI is InChI=1S/C12H15ClO2/c13-11-3-4-12(10(7-11)8-14)15-6-5-9-1-2-9/h3-4,7,9,14H,1-2,5-6,8H2. The van der Waals surface area contributed by atoms with E-state index in [1.54, 1.807) is 12.1 Å². The highest BCUT2D eigenvalue weighted by Gasteiger charge is 2.20. The molecule has 15 heavy (non-hydrogen) atoms. The molecule has 0 aliphatic heterocycles. The highest BCUT2D eigenvalue weighted by atomic mass is 35.5. The SMILES string of the molecule is OCc1cc(Cl)ccc1OCCC1CC1. The van der Waals surface area contributed by atoms with Gasteiger partial charge in [0.2, 0.25) is 0 Å². The number of aliphatic hydroxyl groups excluding tert-OH is 1. The number of halogens is 1. The summed E-state index contributed by atoms with van der Waals surface area (Å²) in [5.74, 6) is 1.62. The van der Waals surface area contributed by atoms with Crippen LogP contribution in [0.25, 0.3) is 0 Å². The topological polar surface area (TPSA) is 29.5 Å². The van der Waals surface area contributed by atoms with Crippen molar-refractivity contribution in [2.24, 2.45) is 5.92 Å². The first-order chi connectivity index (χ1) is 7.29. The van der Waals surface area contributed by atoms with Gasteiger partial charge < -0.3 is 9.84 Å². The minimum atomic E-state index is -0.0285. The molecule has 3 heteroatoms. The second-order valence-corrected chi connectivity index (χ2v) is 4.43. The van der Waals surface area contributed by atoms with Gasteiger partial charge in [-0.25, -0.2) is 0 Å². The molecule has 1 fully saturated rings. The van der Waals surface area contributed by atoms with Gasteiger partial charge in [-0.05, 0) is 30.5 Å². The molecule has 1 aromatic carbocycles. The summed E-state index contributed by atoms with van der Waals surface area (Å²) in [7, 11) is 0. The van der Waals surface area contributed by atoms with Crippen LogP contribution in [-0.4, -0.2) is 11.7 Å². The van der Waals surface area contributed by atoms with E-state index in [0.29, 0.717) is 5.02 Å². The third-order valence-corrected chi connectivity index (χ3v) is 2.91. The van der Waals surface area contributed by atoms with Crippen molar-refractivity contribution in [3.8, 4) is 5.75 Å². The molecule has 0 saturated heterocycles. The highest BCUT2D eigenvalue weighted by Crippen LogP contribution is 2.32. The second-order valence-electron chi connectivity index (χ2n) is 3.99. The van der Waals surface area contributed by atoms with Crippen molar-refractivity contribution in [3.05, 3.63) is 28.8 Å². The highest BCUT2D eigenvalue weighted by molar-refractivity contribution is 6.30. The second kappa shape index (κ2) is 4.86. The predicted molar refractivity (Wildman–Crippen MR) is 60.2 cm³/mol. The van der Waals surface area contributed by atoms with Crippen LogP contribution in [0.4, 0.5) is 0 Å². The molecule has 0 atom stereocenters. The molecule has 2 rings (SSSR count). The fourth-order valence-electron chi connectivity index (χ4n) is 1.55. The molecule has 0 aromatic heterocycles. The Morgan fingerprint density at radius 3 is 2.87 bits per heavy atom. The molecule has 0 radical (unpaired) electrons. The lowest BCUT2D eigenvalue weighted by molar-refractivity contribution is 0.259. The van der Waals surface area contributed by atoms with Crippen LogP contribution in [0.1, 0.15) is 24.8 Å². The van der Waals surface area contributed by atoms with E-state index in [1.165, 1.54) is 12.8 Å². The van der Waals surface area contributed by atoms with Crippen molar-refractivity contribution in [2.75, 3.05) is 6.61 Å². The zero-order valence-electron chi connectivity index (χ0n) is 8.58. The fraction of sp³-hybridized carbons (Fsp3) is 0.500. The van der Waals surface area contributed by atoms with E-state index in [9.17, 15) is 0 Å². The van der Waals surface area contributed by atoms with Gasteiger partial charge in [0.15, 0.2) is 0 Å². The Balaban J connectivity index is 1.92. The van der Waals surface area contributed by atoms with Crippen LogP contribution >= 0.6 is 11.6 Å². The van der Waals surface area contributed by atoms with Crippen LogP contribution in [0.5, 0.6) is 5.75 Å². The van der Waals surface area contributed by atoms with E-state index in [4.69, 9.17) is 21.4 Å². The minimum absolute atomic E-state index is 0.0285. The molecule has 0 heterocycles. The third-order valence-electron chi connectivity index (χ3n) is 2.67. The summed E-state index contributed by atoms with van der Waals surface area (Å²) in [6.45, 7) is 0.707. The predicted octanol–water partition coefficient (Wildman–Crippen LogP) is 3.01. The van der Waals surface area contributed by atoms with Crippen molar-refractivity contribution < 1.29 is 9.84 Å². The van der Waals surface area contributed by atoms with E-state index in [-0.39, 0.29) is 6.61 Å². The summed E-state index contributed by atoms with van der Waals surface area (Å²) < 4.78 is 5.62. The fourth-order valence-corrected chi connectivity index (χ4v) is 1.75. The van der Waals surface area contributed by atoms with Gasteiger partial charge in [-0.1, -0.05) is 24.4 Å². The number of hydrogen-bond acceptors (Lipinski definition) is 2. The van der Waals surface area contributed by atoms with E-state index < -0.39 is 0 Å². The lowest BCUT2D eigenvalue weighted by atomic mass is 10.2. The van der Waals surface area contributed by atoms with Crippen molar-refractivity contribution in [2.45, 2.75) is 25.9 Å². The molecule has 1 aliphatic carbocycles. The Hall–Kier alpha value is -0.730.